The van der Waals surface area contributed by atoms with Gasteiger partial charge in [-0.15, -0.1) is 10.2 Å². The number of phenols is 1. The number of carbonyl (C=O) groups is 1. The first-order chi connectivity index (χ1) is 30.0. The second-order valence-corrected chi connectivity index (χ2v) is 18.8. The summed E-state index contributed by atoms with van der Waals surface area (Å²) in [5.41, 5.74) is 0.966. The van der Waals surface area contributed by atoms with Crippen LogP contribution in [0.15, 0.2) is 116 Å². The van der Waals surface area contributed by atoms with Crippen LogP contribution in [0.25, 0.3) is 0 Å². The number of sulfone groups is 1. The molecule has 0 saturated heterocycles. The number of aromatic hydroxyl groups is 1. The number of carboxylic acid groups (broad SMARTS) is 1. The van der Waals surface area contributed by atoms with Crippen molar-refractivity contribution in [1.82, 2.24) is 15.0 Å². The summed E-state index contributed by atoms with van der Waals surface area (Å²) in [6.45, 7) is -1.30. The number of nitriles is 1. The molecule has 0 atom stereocenters. The minimum absolute atomic E-state index is 0.208. The van der Waals surface area contributed by atoms with E-state index in [2.05, 4.69) is 50.5 Å². The van der Waals surface area contributed by atoms with Crippen molar-refractivity contribution in [2.45, 2.75) is 9.79 Å². The van der Waals surface area contributed by atoms with Crippen molar-refractivity contribution in [3.63, 3.8) is 0 Å². The van der Waals surface area contributed by atoms with Crippen LogP contribution < -0.4 is 21.0 Å². The predicted molar refractivity (Wildman–Crippen MR) is 228 cm³/mol. The number of phenolic OH excluding ortho intramolecular Hbond substituents is 1. The summed E-state index contributed by atoms with van der Waals surface area (Å²) >= 11 is 0. The number of para-hydroxylation sites is 1. The Morgan fingerprint density at radius 2 is 1.44 bits per heavy atom. The van der Waals surface area contributed by atoms with Gasteiger partial charge in [0, 0.05) is 17.8 Å². The molecule has 0 spiro atoms. The Hall–Kier alpha value is -6.92. The van der Waals surface area contributed by atoms with Crippen molar-refractivity contribution >= 4 is 93.6 Å². The molecule has 0 amide bonds. The van der Waals surface area contributed by atoms with Gasteiger partial charge in [-0.05, 0) is 42.5 Å². The van der Waals surface area contributed by atoms with E-state index in [9.17, 15) is 63.7 Å². The molecule has 10 N–H and O–H groups in total. The van der Waals surface area contributed by atoms with E-state index in [1.807, 2.05) is 0 Å². The van der Waals surface area contributed by atoms with E-state index in [0.717, 1.165) is 24.3 Å². The molecule has 0 fully saturated rings. The maximum atomic E-state index is 12.8. The van der Waals surface area contributed by atoms with Gasteiger partial charge in [-0.3, -0.25) is 19.8 Å². The largest absolute Gasteiger partial charge is 0.504 e. The number of azo groups is 1. The third-order valence-corrected chi connectivity index (χ3v) is 11.8. The number of rotatable bonds is 19. The van der Waals surface area contributed by atoms with Crippen LogP contribution in [0.2, 0.25) is 0 Å². The highest BCUT2D eigenvalue weighted by Gasteiger charge is 2.24. The molecule has 5 rings (SSSR count). The lowest BCUT2D eigenvalue weighted by atomic mass is 10.2. The fourth-order valence-electron chi connectivity index (χ4n) is 5.15. The third kappa shape index (κ3) is 13.5. The number of aromatic nitrogens is 3. The molecule has 30 heteroatoms. The number of hydrogen-bond donors (Lipinski definition) is 10. The van der Waals surface area contributed by atoms with Crippen LogP contribution >= 0.6 is 10.9 Å². The standard InChI is InChI=1S/C34H33N11O15S4/c35-20-36-32-38-33(40-34(39-32)45(22-9-5-2-6-10-22)13-15-61(49,50)16-14-60-64(57,58)59)37-27-18-24(63(54,55)56)19-28(29(27)46)42-44-30(21-7-3-1-4-8-21)43-41-26-17-23(62(51,52)53)11-12-25(26)31(47)48/h1-12,17-19,41,46,51-53H,13-16H2,(H,47,48)(H,54,55,56)(H,57,58,59)(H2,36,37,38,39,40). The first-order valence-corrected chi connectivity index (χ1v) is 23.5. The van der Waals surface area contributed by atoms with E-state index in [4.69, 9.17) is 4.55 Å². The molecule has 1 aromatic heterocycles. The van der Waals surface area contributed by atoms with Gasteiger partial charge in [0.2, 0.25) is 23.7 Å². The van der Waals surface area contributed by atoms with Crippen LogP contribution in [-0.4, -0.2) is 110 Å². The number of aromatic carboxylic acids is 1. The van der Waals surface area contributed by atoms with Crippen LogP contribution in [0, 0.1) is 11.5 Å². The van der Waals surface area contributed by atoms with Gasteiger partial charge in [-0.1, -0.05) is 48.5 Å². The summed E-state index contributed by atoms with van der Waals surface area (Å²) in [6, 6.07) is 19.9. The molecule has 0 unspecified atom stereocenters. The summed E-state index contributed by atoms with van der Waals surface area (Å²) in [5.74, 6) is -5.42. The summed E-state index contributed by atoms with van der Waals surface area (Å²) < 4.78 is 125. The van der Waals surface area contributed by atoms with Crippen molar-refractivity contribution in [3.05, 3.63) is 102 Å². The number of hydrogen-bond acceptors (Lipinski definition) is 22. The molecule has 0 bridgehead atoms. The molecule has 1 heterocycles. The molecule has 0 aliphatic rings. The number of anilines is 6. The van der Waals surface area contributed by atoms with Crippen LogP contribution in [0.4, 0.5) is 40.6 Å². The number of amidine groups is 1. The van der Waals surface area contributed by atoms with Crippen molar-refractivity contribution < 1.29 is 67.2 Å². The molecule has 64 heavy (non-hydrogen) atoms. The van der Waals surface area contributed by atoms with Gasteiger partial charge in [0.15, 0.2) is 21.8 Å². The number of nitrogens with one attached hydrogen (secondary N) is 3. The smallest absolute Gasteiger partial charge is 0.397 e. The van der Waals surface area contributed by atoms with Gasteiger partial charge < -0.3 is 34.1 Å². The Morgan fingerprint density at radius 1 is 0.797 bits per heavy atom. The molecule has 0 aliphatic heterocycles. The SMILES string of the molecule is N#CNc1nc(Nc2cc(S(=O)(=O)O)cc(N=NC(=NNc3cc(S(O)(O)O)ccc3C(=O)O)c3ccccc3)c2O)nc(N(CCS(=O)(=O)CCOS(=O)(=O)O)c2ccccc2)n1. The Kier molecular flexibility index (Phi) is 15.1. The molecule has 5 aromatic rings. The van der Waals surface area contributed by atoms with Gasteiger partial charge in [-0.2, -0.15) is 42.2 Å². The van der Waals surface area contributed by atoms with E-state index in [1.165, 1.54) is 29.2 Å². The minimum atomic E-state index is -5.07. The van der Waals surface area contributed by atoms with E-state index in [1.54, 1.807) is 42.6 Å². The second kappa shape index (κ2) is 20.1. The van der Waals surface area contributed by atoms with Gasteiger partial charge in [0.1, 0.15) is 16.6 Å². The summed E-state index contributed by atoms with van der Waals surface area (Å²) in [4.78, 5) is 24.3. The molecular weight excluding hydrogens is 931 g/mol. The first kappa shape index (κ1) is 48.1. The molecule has 26 nitrogen and oxygen atoms in total. The van der Waals surface area contributed by atoms with Gasteiger partial charge in [-0.25, -0.2) is 17.4 Å². The third-order valence-electron chi connectivity index (χ3n) is 8.07. The molecule has 0 saturated carbocycles. The van der Waals surface area contributed by atoms with Crippen molar-refractivity contribution in [1.29, 1.82) is 5.26 Å². The van der Waals surface area contributed by atoms with Crippen molar-refractivity contribution in [2.75, 3.05) is 45.6 Å². The zero-order valence-electron chi connectivity index (χ0n) is 32.1. The number of nitrogens with zero attached hydrogens (tertiary/aromatic N) is 8. The maximum absolute atomic E-state index is 12.8. The zero-order valence-corrected chi connectivity index (χ0v) is 35.4. The fourth-order valence-corrected chi connectivity index (χ4v) is 7.61. The van der Waals surface area contributed by atoms with E-state index in [-0.39, 0.29) is 23.0 Å². The van der Waals surface area contributed by atoms with Crippen molar-refractivity contribution in [3.8, 4) is 11.9 Å². The molecule has 0 aliphatic carbocycles. The lowest BCUT2D eigenvalue weighted by Gasteiger charge is -2.23. The number of hydrazone groups is 1. The average molecular weight is 964 g/mol. The lowest BCUT2D eigenvalue weighted by Crippen LogP contribution is -2.29. The average Bonchev–Trinajstić information content (AvgIpc) is 3.21. The van der Waals surface area contributed by atoms with E-state index in [0.29, 0.717) is 11.8 Å². The van der Waals surface area contributed by atoms with Crippen LogP contribution in [-0.2, 0) is 34.5 Å². The summed E-state index contributed by atoms with van der Waals surface area (Å²) in [7, 11) is -18.4. The highest BCUT2D eigenvalue weighted by atomic mass is 32.3. The summed E-state index contributed by atoms with van der Waals surface area (Å²) in [6.07, 6.45) is 1.61. The molecule has 4 aromatic carbocycles. The van der Waals surface area contributed by atoms with Crippen molar-refractivity contribution in [2.24, 2.45) is 15.3 Å². The Balaban J connectivity index is 1.56. The van der Waals surface area contributed by atoms with E-state index < -0.39 is 116 Å². The highest BCUT2D eigenvalue weighted by molar-refractivity contribution is 8.19. The van der Waals surface area contributed by atoms with Crippen LogP contribution in [0.5, 0.6) is 5.75 Å². The highest BCUT2D eigenvalue weighted by Crippen LogP contribution is 2.45. The van der Waals surface area contributed by atoms with Gasteiger partial charge >= 0.3 is 16.4 Å². The van der Waals surface area contributed by atoms with Gasteiger partial charge in [0.05, 0.1) is 44.8 Å². The first-order valence-electron chi connectivity index (χ1n) is 17.4. The second-order valence-electron chi connectivity index (χ2n) is 12.5. The zero-order chi connectivity index (χ0) is 46.9. The number of carboxylic acids is 1. The quantitative estimate of drug-likeness (QED) is 0.00785. The number of benzene rings is 4. The van der Waals surface area contributed by atoms with Crippen LogP contribution in [0.3, 0.4) is 0 Å². The van der Waals surface area contributed by atoms with E-state index >= 15 is 0 Å². The van der Waals surface area contributed by atoms with Crippen LogP contribution in [0.1, 0.15) is 15.9 Å². The minimum Gasteiger partial charge on any atom is -0.504 e. The molecular formula is C34H33N11O15S4. The summed E-state index contributed by atoms with van der Waals surface area (Å²) in [5, 5.41) is 47.2. The molecule has 0 radical (unpaired) electrons. The monoisotopic (exact) mass is 963 g/mol. The normalized spacial score (nSPS) is 12.7. The lowest BCUT2D eigenvalue weighted by molar-refractivity contribution is 0.0697. The maximum Gasteiger partial charge on any atom is 0.397 e. The Labute approximate surface area is 364 Å². The van der Waals surface area contributed by atoms with Gasteiger partial charge in [0.25, 0.3) is 10.1 Å². The molecule has 338 valence electrons. The Morgan fingerprint density at radius 3 is 2.05 bits per heavy atom. The predicted octanol–water partition coefficient (Wildman–Crippen LogP) is 4.67. The fraction of sp³-hybridized carbons (Fsp3) is 0.118. The Bertz CT molecular complexity index is 2970. The topological polar surface area (TPSA) is 409 Å².